The van der Waals surface area contributed by atoms with Crippen molar-refractivity contribution in [2.45, 2.75) is 30.3 Å². The second-order valence-electron chi connectivity index (χ2n) is 5.12. The predicted octanol–water partition coefficient (Wildman–Crippen LogP) is 1.38. The molecule has 2 unspecified atom stereocenters. The van der Waals surface area contributed by atoms with E-state index in [1.165, 1.54) is 4.31 Å². The zero-order valence-electron chi connectivity index (χ0n) is 12.2. The SMILES string of the molecule is CNC(C)c1cccc(S(=O)(=O)N(C)C2CCOC2)c1. The van der Waals surface area contributed by atoms with Crippen molar-refractivity contribution in [1.29, 1.82) is 0 Å². The third kappa shape index (κ3) is 3.03. The molecule has 1 aromatic carbocycles. The fourth-order valence-electron chi connectivity index (χ4n) is 2.28. The van der Waals surface area contributed by atoms with Crippen molar-refractivity contribution < 1.29 is 13.2 Å². The molecule has 112 valence electrons. The average molecular weight is 298 g/mol. The van der Waals surface area contributed by atoms with Gasteiger partial charge in [0, 0.05) is 19.7 Å². The molecule has 6 heteroatoms. The molecule has 1 fully saturated rings. The Hall–Kier alpha value is -0.950. The molecular weight excluding hydrogens is 276 g/mol. The van der Waals surface area contributed by atoms with Crippen LogP contribution in [0.2, 0.25) is 0 Å². The maximum atomic E-state index is 12.6. The van der Waals surface area contributed by atoms with E-state index in [0.717, 1.165) is 12.0 Å². The number of hydrogen-bond acceptors (Lipinski definition) is 4. The summed E-state index contributed by atoms with van der Waals surface area (Å²) >= 11 is 0. The lowest BCUT2D eigenvalue weighted by atomic mass is 10.1. The van der Waals surface area contributed by atoms with E-state index >= 15 is 0 Å². The van der Waals surface area contributed by atoms with Gasteiger partial charge in [-0.2, -0.15) is 4.31 Å². The average Bonchev–Trinajstić information content (AvgIpc) is 2.99. The molecule has 1 aromatic rings. The van der Waals surface area contributed by atoms with E-state index in [1.54, 1.807) is 25.2 Å². The Morgan fingerprint density at radius 3 is 2.80 bits per heavy atom. The summed E-state index contributed by atoms with van der Waals surface area (Å²) in [6.07, 6.45) is 0.752. The molecule has 0 amide bonds. The molecule has 1 saturated heterocycles. The largest absolute Gasteiger partial charge is 0.380 e. The van der Waals surface area contributed by atoms with E-state index in [0.29, 0.717) is 18.1 Å². The summed E-state index contributed by atoms with van der Waals surface area (Å²) in [5.41, 5.74) is 0.963. The highest BCUT2D eigenvalue weighted by Gasteiger charge is 2.30. The van der Waals surface area contributed by atoms with Crippen molar-refractivity contribution in [2.24, 2.45) is 0 Å². The van der Waals surface area contributed by atoms with Crippen LogP contribution in [0.15, 0.2) is 29.2 Å². The molecule has 5 nitrogen and oxygen atoms in total. The summed E-state index contributed by atoms with van der Waals surface area (Å²) in [5.74, 6) is 0. The standard InChI is InChI=1S/C14H22N2O3S/c1-11(15-2)12-5-4-6-14(9-12)20(17,18)16(3)13-7-8-19-10-13/h4-6,9,11,13,15H,7-8,10H2,1-3H3. The molecule has 20 heavy (non-hydrogen) atoms. The summed E-state index contributed by atoms with van der Waals surface area (Å²) in [6.45, 7) is 3.10. The third-order valence-corrected chi connectivity index (χ3v) is 5.79. The lowest BCUT2D eigenvalue weighted by Gasteiger charge is -2.23. The second kappa shape index (κ2) is 6.22. The van der Waals surface area contributed by atoms with Gasteiger partial charge in [0.15, 0.2) is 0 Å². The number of sulfonamides is 1. The molecule has 2 atom stereocenters. The lowest BCUT2D eigenvalue weighted by molar-refractivity contribution is 0.181. The summed E-state index contributed by atoms with van der Waals surface area (Å²) in [5, 5.41) is 3.12. The maximum absolute atomic E-state index is 12.6. The molecule has 1 aliphatic rings. The van der Waals surface area contributed by atoms with Gasteiger partial charge in [-0.25, -0.2) is 8.42 Å². The van der Waals surface area contributed by atoms with E-state index < -0.39 is 10.0 Å². The first-order chi connectivity index (χ1) is 9.46. The summed E-state index contributed by atoms with van der Waals surface area (Å²) in [6, 6.07) is 7.15. The van der Waals surface area contributed by atoms with Crippen LogP contribution in [0.5, 0.6) is 0 Å². The van der Waals surface area contributed by atoms with Crippen LogP contribution in [0.25, 0.3) is 0 Å². The first-order valence-corrected chi connectivity index (χ1v) is 8.24. The number of likely N-dealkylation sites (N-methyl/N-ethyl adjacent to an activating group) is 1. The minimum atomic E-state index is -3.46. The third-order valence-electron chi connectivity index (χ3n) is 3.89. The van der Waals surface area contributed by atoms with Gasteiger partial charge in [-0.1, -0.05) is 12.1 Å². The van der Waals surface area contributed by atoms with Crippen molar-refractivity contribution >= 4 is 10.0 Å². The van der Waals surface area contributed by atoms with Gasteiger partial charge in [0.2, 0.25) is 10.0 Å². The monoisotopic (exact) mass is 298 g/mol. The van der Waals surface area contributed by atoms with Crippen molar-refractivity contribution in [3.63, 3.8) is 0 Å². The van der Waals surface area contributed by atoms with E-state index in [4.69, 9.17) is 4.74 Å². The number of benzene rings is 1. The van der Waals surface area contributed by atoms with Gasteiger partial charge in [0.1, 0.15) is 0 Å². The van der Waals surface area contributed by atoms with Crippen LogP contribution >= 0.6 is 0 Å². The minimum absolute atomic E-state index is 0.0645. The van der Waals surface area contributed by atoms with E-state index in [2.05, 4.69) is 5.32 Å². The van der Waals surface area contributed by atoms with E-state index in [9.17, 15) is 8.42 Å². The zero-order chi connectivity index (χ0) is 14.8. The topological polar surface area (TPSA) is 58.6 Å². The van der Waals surface area contributed by atoms with Crippen molar-refractivity contribution in [2.75, 3.05) is 27.3 Å². The Morgan fingerprint density at radius 2 is 2.20 bits per heavy atom. The Kier molecular flexibility index (Phi) is 4.80. The molecule has 0 aromatic heterocycles. The Labute approximate surface area is 121 Å². The van der Waals surface area contributed by atoms with Gasteiger partial charge < -0.3 is 10.1 Å². The normalized spacial score (nSPS) is 21.3. The number of ether oxygens (including phenoxy) is 1. The summed E-state index contributed by atoms with van der Waals surface area (Å²) in [4.78, 5) is 0.339. The van der Waals surface area contributed by atoms with Crippen LogP contribution in [0, 0.1) is 0 Å². The Balaban J connectivity index is 2.29. The molecular formula is C14H22N2O3S. The second-order valence-corrected chi connectivity index (χ2v) is 7.12. The highest BCUT2D eigenvalue weighted by Crippen LogP contribution is 2.23. The number of rotatable bonds is 5. The molecule has 1 N–H and O–H groups in total. The van der Waals surface area contributed by atoms with Gasteiger partial charge in [-0.3, -0.25) is 0 Å². The van der Waals surface area contributed by atoms with Crippen molar-refractivity contribution in [3.05, 3.63) is 29.8 Å². The molecule has 0 radical (unpaired) electrons. The summed E-state index contributed by atoms with van der Waals surface area (Å²) in [7, 11) is 0.0217. The summed E-state index contributed by atoms with van der Waals surface area (Å²) < 4.78 is 32.0. The predicted molar refractivity (Wildman–Crippen MR) is 78.1 cm³/mol. The lowest BCUT2D eigenvalue weighted by Crippen LogP contribution is -2.37. The van der Waals surface area contributed by atoms with Crippen LogP contribution in [-0.2, 0) is 14.8 Å². The number of hydrogen-bond donors (Lipinski definition) is 1. The highest BCUT2D eigenvalue weighted by molar-refractivity contribution is 7.89. The Bertz CT molecular complexity index is 553. The first kappa shape index (κ1) is 15.4. The molecule has 0 saturated carbocycles. The maximum Gasteiger partial charge on any atom is 0.243 e. The molecule has 1 aliphatic heterocycles. The molecule has 0 aliphatic carbocycles. The number of nitrogens with zero attached hydrogens (tertiary/aromatic N) is 1. The van der Waals surface area contributed by atoms with Crippen LogP contribution in [0.4, 0.5) is 0 Å². The van der Waals surface area contributed by atoms with Crippen molar-refractivity contribution in [3.8, 4) is 0 Å². The van der Waals surface area contributed by atoms with Crippen LogP contribution in [-0.4, -0.2) is 46.1 Å². The van der Waals surface area contributed by atoms with Gasteiger partial charge in [-0.15, -0.1) is 0 Å². The zero-order valence-corrected chi connectivity index (χ0v) is 13.0. The minimum Gasteiger partial charge on any atom is -0.380 e. The first-order valence-electron chi connectivity index (χ1n) is 6.80. The quantitative estimate of drug-likeness (QED) is 0.892. The molecule has 1 heterocycles. The molecule has 0 spiro atoms. The Morgan fingerprint density at radius 1 is 1.45 bits per heavy atom. The van der Waals surface area contributed by atoms with Crippen molar-refractivity contribution in [1.82, 2.24) is 9.62 Å². The molecule has 0 bridgehead atoms. The highest BCUT2D eigenvalue weighted by atomic mass is 32.2. The van der Waals surface area contributed by atoms with E-state index in [-0.39, 0.29) is 12.1 Å². The molecule has 2 rings (SSSR count). The van der Waals surface area contributed by atoms with Gasteiger partial charge in [0.05, 0.1) is 17.5 Å². The number of nitrogens with one attached hydrogen (secondary N) is 1. The van der Waals surface area contributed by atoms with Crippen LogP contribution < -0.4 is 5.32 Å². The fourth-order valence-corrected chi connectivity index (χ4v) is 3.71. The fraction of sp³-hybridized carbons (Fsp3) is 0.571. The van der Waals surface area contributed by atoms with Gasteiger partial charge in [-0.05, 0) is 38.1 Å². The van der Waals surface area contributed by atoms with Crippen LogP contribution in [0.1, 0.15) is 24.9 Å². The van der Waals surface area contributed by atoms with E-state index in [1.807, 2.05) is 20.0 Å². The smallest absolute Gasteiger partial charge is 0.243 e. The van der Waals surface area contributed by atoms with Crippen LogP contribution in [0.3, 0.4) is 0 Å². The van der Waals surface area contributed by atoms with Gasteiger partial charge >= 0.3 is 0 Å². The van der Waals surface area contributed by atoms with Gasteiger partial charge in [0.25, 0.3) is 0 Å².